The summed E-state index contributed by atoms with van der Waals surface area (Å²) < 4.78 is 13.1. The van der Waals surface area contributed by atoms with Gasteiger partial charge >= 0.3 is 0 Å². The van der Waals surface area contributed by atoms with Crippen LogP contribution < -0.4 is 11.1 Å². The molecule has 0 amide bonds. The number of hydrogen-bond donors (Lipinski definition) is 2. The second kappa shape index (κ2) is 4.94. The number of fused-ring (bicyclic) bond motifs is 1. The van der Waals surface area contributed by atoms with E-state index in [9.17, 15) is 4.39 Å². The van der Waals surface area contributed by atoms with Gasteiger partial charge in [0.1, 0.15) is 18.0 Å². The summed E-state index contributed by atoms with van der Waals surface area (Å²) in [6.07, 6.45) is 1.44. The Morgan fingerprint density at radius 3 is 2.75 bits per heavy atom. The average Bonchev–Trinajstić information content (AvgIpc) is 2.43. The van der Waals surface area contributed by atoms with Gasteiger partial charge in [-0.3, -0.25) is 0 Å². The highest BCUT2D eigenvalue weighted by Gasteiger charge is 2.06. The fourth-order valence-electron chi connectivity index (χ4n) is 1.88. The van der Waals surface area contributed by atoms with Crippen LogP contribution in [0, 0.1) is 5.82 Å². The van der Waals surface area contributed by atoms with E-state index in [1.807, 2.05) is 6.07 Å². The predicted molar refractivity (Wildman–Crippen MR) is 78.6 cm³/mol. The van der Waals surface area contributed by atoms with Crippen molar-refractivity contribution < 1.29 is 4.39 Å². The lowest BCUT2D eigenvalue weighted by Crippen LogP contribution is -1.97. The highest BCUT2D eigenvalue weighted by atomic mass is 35.5. The number of anilines is 3. The third kappa shape index (κ3) is 2.35. The van der Waals surface area contributed by atoms with E-state index in [0.29, 0.717) is 17.2 Å². The van der Waals surface area contributed by atoms with Crippen LogP contribution in [0.25, 0.3) is 10.9 Å². The van der Waals surface area contributed by atoms with Gasteiger partial charge in [0, 0.05) is 16.8 Å². The Kier molecular flexibility index (Phi) is 3.12. The lowest BCUT2D eigenvalue weighted by atomic mass is 10.2. The Morgan fingerprint density at radius 2 is 1.95 bits per heavy atom. The van der Waals surface area contributed by atoms with Gasteiger partial charge < -0.3 is 11.1 Å². The minimum absolute atomic E-state index is 0.0533. The number of hydrogen-bond acceptors (Lipinski definition) is 4. The topological polar surface area (TPSA) is 63.8 Å². The maximum Gasteiger partial charge on any atom is 0.141 e. The summed E-state index contributed by atoms with van der Waals surface area (Å²) >= 11 is 5.75. The summed E-state index contributed by atoms with van der Waals surface area (Å²) in [6, 6.07) is 9.76. The summed E-state index contributed by atoms with van der Waals surface area (Å²) in [7, 11) is 0. The van der Waals surface area contributed by atoms with E-state index < -0.39 is 5.82 Å². The van der Waals surface area contributed by atoms with Gasteiger partial charge in [-0.2, -0.15) is 0 Å². The van der Waals surface area contributed by atoms with Gasteiger partial charge in [-0.15, -0.1) is 0 Å². The van der Waals surface area contributed by atoms with Crippen molar-refractivity contribution in [3.05, 3.63) is 53.6 Å². The molecule has 3 N–H and O–H groups in total. The van der Waals surface area contributed by atoms with E-state index in [1.165, 1.54) is 18.5 Å². The van der Waals surface area contributed by atoms with Crippen molar-refractivity contribution in [3.63, 3.8) is 0 Å². The maximum atomic E-state index is 13.1. The maximum absolute atomic E-state index is 13.1. The number of benzene rings is 2. The molecule has 0 aliphatic heterocycles. The van der Waals surface area contributed by atoms with Crippen LogP contribution in [0.3, 0.4) is 0 Å². The predicted octanol–water partition coefficient (Wildman–Crippen LogP) is 3.75. The second-order valence-corrected chi connectivity index (χ2v) is 4.66. The molecule has 20 heavy (non-hydrogen) atoms. The molecule has 0 spiro atoms. The van der Waals surface area contributed by atoms with Gasteiger partial charge in [0.05, 0.1) is 10.5 Å². The summed E-state index contributed by atoms with van der Waals surface area (Å²) in [6.45, 7) is 0. The van der Waals surface area contributed by atoms with Crippen molar-refractivity contribution in [2.45, 2.75) is 0 Å². The molecule has 1 heterocycles. The van der Waals surface area contributed by atoms with Crippen molar-refractivity contribution in [1.29, 1.82) is 0 Å². The number of rotatable bonds is 2. The molecule has 0 aliphatic carbocycles. The summed E-state index contributed by atoms with van der Waals surface area (Å²) in [5.74, 6) is 0.148. The highest BCUT2D eigenvalue weighted by molar-refractivity contribution is 6.31. The molecule has 0 aliphatic rings. The first-order valence-electron chi connectivity index (χ1n) is 5.86. The Labute approximate surface area is 119 Å². The summed E-state index contributed by atoms with van der Waals surface area (Å²) in [4.78, 5) is 8.34. The first-order valence-corrected chi connectivity index (χ1v) is 6.23. The van der Waals surface area contributed by atoms with Crippen LogP contribution in [0.5, 0.6) is 0 Å². The number of nitrogens with two attached hydrogens (primary N) is 1. The minimum atomic E-state index is -0.461. The quantitative estimate of drug-likeness (QED) is 0.705. The molecule has 0 unspecified atom stereocenters. The molecule has 0 radical (unpaired) electrons. The largest absolute Gasteiger partial charge is 0.399 e. The molecule has 3 aromatic rings. The molecule has 0 bridgehead atoms. The Bertz CT molecular complexity index is 791. The van der Waals surface area contributed by atoms with Crippen LogP contribution in [-0.4, -0.2) is 9.97 Å². The Morgan fingerprint density at radius 1 is 1.10 bits per heavy atom. The molecule has 0 saturated carbocycles. The molecule has 4 nitrogen and oxygen atoms in total. The summed E-state index contributed by atoms with van der Waals surface area (Å²) in [5, 5.41) is 3.97. The average molecular weight is 289 g/mol. The highest BCUT2D eigenvalue weighted by Crippen LogP contribution is 2.26. The first kappa shape index (κ1) is 12.6. The fraction of sp³-hybridized carbons (Fsp3) is 0. The standard InChI is InChI=1S/C14H10ClFN4/c15-11-6-9(2-4-12(11)16)20-14-10-3-1-8(17)5-13(10)18-7-19-14/h1-7H,17H2,(H,18,19,20). The van der Waals surface area contributed by atoms with E-state index in [0.717, 1.165) is 10.9 Å². The number of halogens is 2. The second-order valence-electron chi connectivity index (χ2n) is 4.25. The monoisotopic (exact) mass is 288 g/mol. The smallest absolute Gasteiger partial charge is 0.141 e. The molecule has 1 aromatic heterocycles. The van der Waals surface area contributed by atoms with E-state index in [-0.39, 0.29) is 5.02 Å². The normalized spacial score (nSPS) is 10.7. The third-order valence-corrected chi connectivity index (χ3v) is 3.13. The zero-order chi connectivity index (χ0) is 14.1. The van der Waals surface area contributed by atoms with E-state index >= 15 is 0 Å². The van der Waals surface area contributed by atoms with Gasteiger partial charge in [0.25, 0.3) is 0 Å². The van der Waals surface area contributed by atoms with Crippen LogP contribution in [0.15, 0.2) is 42.7 Å². The molecule has 0 saturated heterocycles. The van der Waals surface area contributed by atoms with Gasteiger partial charge in [-0.25, -0.2) is 14.4 Å². The van der Waals surface area contributed by atoms with Crippen molar-refractivity contribution >= 4 is 39.7 Å². The number of nitrogen functional groups attached to an aromatic ring is 1. The molecular formula is C14H10ClFN4. The summed E-state index contributed by atoms with van der Waals surface area (Å²) in [5.41, 5.74) is 7.73. The van der Waals surface area contributed by atoms with Crippen molar-refractivity contribution in [2.75, 3.05) is 11.1 Å². The van der Waals surface area contributed by atoms with Gasteiger partial charge in [-0.05, 0) is 36.4 Å². The van der Waals surface area contributed by atoms with Crippen LogP contribution in [-0.2, 0) is 0 Å². The van der Waals surface area contributed by atoms with E-state index in [1.54, 1.807) is 18.2 Å². The lowest BCUT2D eigenvalue weighted by molar-refractivity contribution is 0.628. The SMILES string of the molecule is Nc1ccc2c(Nc3ccc(F)c(Cl)c3)ncnc2c1. The zero-order valence-electron chi connectivity index (χ0n) is 10.3. The molecule has 0 atom stereocenters. The lowest BCUT2D eigenvalue weighted by Gasteiger charge is -2.09. The minimum Gasteiger partial charge on any atom is -0.399 e. The first-order chi connectivity index (χ1) is 9.63. The molecule has 0 fully saturated rings. The fourth-order valence-corrected chi connectivity index (χ4v) is 2.06. The number of aromatic nitrogens is 2. The van der Waals surface area contributed by atoms with Crippen LogP contribution >= 0.6 is 11.6 Å². The molecule has 100 valence electrons. The van der Waals surface area contributed by atoms with E-state index in [2.05, 4.69) is 15.3 Å². The van der Waals surface area contributed by atoms with Crippen LogP contribution in [0.1, 0.15) is 0 Å². The zero-order valence-corrected chi connectivity index (χ0v) is 11.0. The Hall–Kier alpha value is -2.40. The van der Waals surface area contributed by atoms with Crippen molar-refractivity contribution in [2.24, 2.45) is 0 Å². The van der Waals surface area contributed by atoms with E-state index in [4.69, 9.17) is 17.3 Å². The van der Waals surface area contributed by atoms with Crippen molar-refractivity contribution in [3.8, 4) is 0 Å². The molecule has 3 rings (SSSR count). The Balaban J connectivity index is 2.04. The number of nitrogens with one attached hydrogen (secondary N) is 1. The molecule has 6 heteroatoms. The third-order valence-electron chi connectivity index (χ3n) is 2.84. The van der Waals surface area contributed by atoms with Gasteiger partial charge in [0.2, 0.25) is 0 Å². The van der Waals surface area contributed by atoms with Gasteiger partial charge in [0.15, 0.2) is 0 Å². The molecule has 2 aromatic carbocycles. The van der Waals surface area contributed by atoms with Crippen molar-refractivity contribution in [1.82, 2.24) is 9.97 Å². The van der Waals surface area contributed by atoms with Crippen LogP contribution in [0.2, 0.25) is 5.02 Å². The van der Waals surface area contributed by atoms with Gasteiger partial charge in [-0.1, -0.05) is 11.6 Å². The number of nitrogens with zero attached hydrogens (tertiary/aromatic N) is 2. The van der Waals surface area contributed by atoms with Crippen LogP contribution in [0.4, 0.5) is 21.6 Å². The molecular weight excluding hydrogens is 279 g/mol.